The van der Waals surface area contributed by atoms with E-state index < -0.39 is 36.2 Å². The van der Waals surface area contributed by atoms with Crippen molar-refractivity contribution in [2.75, 3.05) is 38.1 Å². The zero-order valence-electron chi connectivity index (χ0n) is 25.2. The summed E-state index contributed by atoms with van der Waals surface area (Å²) in [6.45, 7) is 6.10. The van der Waals surface area contributed by atoms with Gasteiger partial charge in [0, 0.05) is 49.8 Å². The molecule has 0 saturated carbocycles. The molecule has 12 nitrogen and oxygen atoms in total. The molecule has 0 saturated heterocycles. The van der Waals surface area contributed by atoms with Gasteiger partial charge in [-0.3, -0.25) is 14.0 Å². The molecule has 1 atom stereocenters. The maximum absolute atomic E-state index is 14.0. The van der Waals surface area contributed by atoms with Crippen LogP contribution in [0.15, 0.2) is 48.9 Å². The molecular weight excluding hydrogens is 612 g/mol. The van der Waals surface area contributed by atoms with Crippen molar-refractivity contribution in [2.45, 2.75) is 32.7 Å². The highest BCUT2D eigenvalue weighted by Gasteiger charge is 2.36. The second kappa shape index (κ2) is 12.1. The minimum absolute atomic E-state index is 0.00741. The van der Waals surface area contributed by atoms with Crippen LogP contribution in [-0.2, 0) is 28.0 Å². The number of rotatable bonds is 2. The summed E-state index contributed by atoms with van der Waals surface area (Å²) in [5.41, 5.74) is 0.200. The van der Waals surface area contributed by atoms with Gasteiger partial charge < -0.3 is 25.2 Å². The fraction of sp³-hybridized carbons (Fsp3) is 0.345. The molecule has 1 unspecified atom stereocenters. The Balaban J connectivity index is 1.65. The summed E-state index contributed by atoms with van der Waals surface area (Å²) >= 11 is 0. The molecule has 1 aromatic carbocycles. The largest absolute Gasteiger partial charge is 0.495 e. The van der Waals surface area contributed by atoms with Crippen molar-refractivity contribution in [3.8, 4) is 17.0 Å². The lowest BCUT2D eigenvalue weighted by molar-refractivity contribution is -0.137. The van der Waals surface area contributed by atoms with Crippen LogP contribution >= 0.6 is 7.37 Å². The molecule has 7 heterocycles. The summed E-state index contributed by atoms with van der Waals surface area (Å²) in [7, 11) is -0.287. The summed E-state index contributed by atoms with van der Waals surface area (Å²) in [4.78, 5) is 25.3. The van der Waals surface area contributed by atoms with E-state index >= 15 is 0 Å². The SMILES string of the molecule is CNC(=O)c1nc2ccc1Nc1nc(ncc1C(F)(F)F)Nc1ccc(cc1OC)CP(C)(=O)OCC(C)(C)Cn1cc-2cn1. The van der Waals surface area contributed by atoms with Crippen LogP contribution in [-0.4, -0.2) is 58.1 Å². The van der Waals surface area contributed by atoms with Crippen molar-refractivity contribution >= 4 is 36.4 Å². The smallest absolute Gasteiger partial charge is 0.421 e. The minimum Gasteiger partial charge on any atom is -0.495 e. The highest BCUT2D eigenvalue weighted by molar-refractivity contribution is 7.57. The zero-order chi connectivity index (χ0) is 32.6. The van der Waals surface area contributed by atoms with Gasteiger partial charge >= 0.3 is 6.18 Å². The van der Waals surface area contributed by atoms with Crippen LogP contribution in [0.3, 0.4) is 0 Å². The number of aromatic nitrogens is 5. The number of hydrogen-bond acceptors (Lipinski definition) is 10. The van der Waals surface area contributed by atoms with E-state index in [0.717, 1.165) is 0 Å². The number of ether oxygens (including phenoxy) is 1. The first kappa shape index (κ1) is 31.9. The van der Waals surface area contributed by atoms with Crippen LogP contribution in [0, 0.1) is 5.41 Å². The third-order valence-corrected chi connectivity index (χ3v) is 8.53. The van der Waals surface area contributed by atoms with Crippen LogP contribution in [0.25, 0.3) is 11.3 Å². The highest BCUT2D eigenvalue weighted by atomic mass is 31.2. The van der Waals surface area contributed by atoms with Crippen molar-refractivity contribution in [3.63, 3.8) is 0 Å². The second-order valence-electron chi connectivity index (χ2n) is 11.4. The molecule has 3 N–H and O–H groups in total. The Morgan fingerprint density at radius 1 is 1.13 bits per heavy atom. The molecule has 4 aliphatic heterocycles. The Hall–Kier alpha value is -4.49. The predicted molar refractivity (Wildman–Crippen MR) is 162 cm³/mol. The van der Waals surface area contributed by atoms with Gasteiger partial charge in [0.2, 0.25) is 13.3 Å². The third-order valence-electron chi connectivity index (χ3n) is 6.91. The fourth-order valence-corrected chi connectivity index (χ4v) is 6.27. The molecule has 1 amide bonds. The topological polar surface area (TPSA) is 145 Å². The van der Waals surface area contributed by atoms with Crippen LogP contribution in [0.4, 0.5) is 36.3 Å². The van der Waals surface area contributed by atoms with Crippen LogP contribution in [0.2, 0.25) is 0 Å². The molecule has 8 rings (SSSR count). The van der Waals surface area contributed by atoms with Crippen LogP contribution in [0.5, 0.6) is 5.75 Å². The Morgan fingerprint density at radius 3 is 2.60 bits per heavy atom. The fourth-order valence-electron chi connectivity index (χ4n) is 4.70. The van der Waals surface area contributed by atoms with Gasteiger partial charge in [0.1, 0.15) is 17.1 Å². The lowest BCUT2D eigenvalue weighted by Crippen LogP contribution is -2.25. The number of halogens is 3. The third kappa shape index (κ3) is 7.43. The van der Waals surface area contributed by atoms with Crippen LogP contribution in [0.1, 0.15) is 35.5 Å². The van der Waals surface area contributed by atoms with Gasteiger partial charge in [0.25, 0.3) is 5.91 Å². The maximum Gasteiger partial charge on any atom is 0.421 e. The number of carbonyl (C=O) groups is 1. The van der Waals surface area contributed by atoms with E-state index in [0.29, 0.717) is 41.0 Å². The van der Waals surface area contributed by atoms with Gasteiger partial charge in [0.15, 0.2) is 5.69 Å². The molecule has 45 heavy (non-hydrogen) atoms. The van der Waals surface area contributed by atoms with Crippen LogP contribution < -0.4 is 20.7 Å². The zero-order valence-corrected chi connectivity index (χ0v) is 26.1. The summed E-state index contributed by atoms with van der Waals surface area (Å²) < 4.78 is 68.7. The molecule has 0 fully saturated rings. The highest BCUT2D eigenvalue weighted by Crippen LogP contribution is 2.48. The molecule has 3 aromatic heterocycles. The van der Waals surface area contributed by atoms with E-state index in [9.17, 15) is 22.5 Å². The van der Waals surface area contributed by atoms with E-state index in [2.05, 4.69) is 36.0 Å². The van der Waals surface area contributed by atoms with E-state index in [1.165, 1.54) is 20.2 Å². The normalized spacial score (nSPS) is 18.2. The number of amides is 1. The average molecular weight is 645 g/mol. The van der Waals surface area contributed by atoms with Crippen molar-refractivity contribution in [3.05, 3.63) is 65.7 Å². The number of methoxy groups -OCH3 is 1. The summed E-state index contributed by atoms with van der Waals surface area (Å²) in [5.74, 6) is -1.08. The molecule has 0 spiro atoms. The first-order valence-electron chi connectivity index (χ1n) is 13.8. The van der Waals surface area contributed by atoms with Gasteiger partial charge in [-0.05, 0) is 29.8 Å². The second-order valence-corrected chi connectivity index (χ2v) is 14.0. The van der Waals surface area contributed by atoms with Crippen molar-refractivity contribution in [1.82, 2.24) is 30.0 Å². The number of alkyl halides is 3. The number of anilines is 4. The van der Waals surface area contributed by atoms with Gasteiger partial charge in [-0.25, -0.2) is 9.97 Å². The maximum atomic E-state index is 14.0. The average Bonchev–Trinajstić information content (AvgIpc) is 3.43. The summed E-state index contributed by atoms with van der Waals surface area (Å²) in [5, 5.41) is 12.4. The van der Waals surface area contributed by atoms with E-state index in [4.69, 9.17) is 9.26 Å². The Morgan fingerprint density at radius 2 is 1.89 bits per heavy atom. The molecular formula is C29H32F3N8O4P. The number of pyridine rings is 1. The van der Waals surface area contributed by atoms with E-state index in [1.54, 1.807) is 48.0 Å². The molecule has 4 aromatic rings. The molecule has 0 aliphatic carbocycles. The van der Waals surface area contributed by atoms with Crippen molar-refractivity contribution < 1.29 is 31.8 Å². The number of nitrogens with zero attached hydrogens (tertiary/aromatic N) is 5. The van der Waals surface area contributed by atoms with Crippen molar-refractivity contribution in [2.24, 2.45) is 5.41 Å². The lowest BCUT2D eigenvalue weighted by atomic mass is 9.95. The Labute approximate surface area is 257 Å². The first-order chi connectivity index (χ1) is 21.2. The van der Waals surface area contributed by atoms with Gasteiger partial charge in [-0.2, -0.15) is 23.3 Å². The molecule has 16 heteroatoms. The van der Waals surface area contributed by atoms with E-state index in [-0.39, 0.29) is 30.1 Å². The molecule has 238 valence electrons. The van der Waals surface area contributed by atoms with Gasteiger partial charge in [0.05, 0.1) is 37.0 Å². The van der Waals surface area contributed by atoms with Crippen molar-refractivity contribution in [1.29, 1.82) is 0 Å². The standard InChI is InChI=1S/C29H32F3N8O4P/c1-28(2)15-40-13-18(11-35-40)20-8-9-22(24(36-20)26(41)33-3)37-25-19(29(30,31)32)12-34-27(39-25)38-21-7-6-17(10-23(21)43-4)14-45(5,42)44-16-28/h6-13H,14-16H2,1-5H3,(H,33,41)(H2,34,37,38,39). The van der Waals surface area contributed by atoms with E-state index in [1.807, 2.05) is 13.8 Å². The lowest BCUT2D eigenvalue weighted by Gasteiger charge is -2.26. The molecule has 0 radical (unpaired) electrons. The molecule has 4 aliphatic rings. The first-order valence-corrected chi connectivity index (χ1v) is 16.0. The van der Waals surface area contributed by atoms with Gasteiger partial charge in [-0.15, -0.1) is 0 Å². The minimum atomic E-state index is -4.82. The Kier molecular flexibility index (Phi) is 8.60. The van der Waals surface area contributed by atoms with Gasteiger partial charge in [-0.1, -0.05) is 19.9 Å². The number of benzene rings is 1. The number of nitrogens with one attached hydrogen (secondary N) is 3. The summed E-state index contributed by atoms with van der Waals surface area (Å²) in [6, 6.07) is 8.00. The Bertz CT molecular complexity index is 1790. The quantitative estimate of drug-likeness (QED) is 0.220. The number of carbonyl (C=O) groups excluding carboxylic acids is 1. The predicted octanol–water partition coefficient (Wildman–Crippen LogP) is 6.07. The monoisotopic (exact) mass is 644 g/mol. The molecule has 8 bridgehead atoms. The summed E-state index contributed by atoms with van der Waals surface area (Å²) in [6.07, 6.45) is -0.740. The number of hydrogen-bond donors (Lipinski definition) is 3.